The molecule has 0 radical (unpaired) electrons. The first kappa shape index (κ1) is 10.1. The highest BCUT2D eigenvalue weighted by atomic mass is 32.2. The quantitative estimate of drug-likeness (QED) is 0.552. The summed E-state index contributed by atoms with van der Waals surface area (Å²) in [4.78, 5) is 10.1. The van der Waals surface area contributed by atoms with Gasteiger partial charge in [0.15, 0.2) is 0 Å². The second kappa shape index (κ2) is 4.82. The molecule has 3 N–H and O–H groups in total. The van der Waals surface area contributed by atoms with Gasteiger partial charge in [0.25, 0.3) is 0 Å². The highest BCUT2D eigenvalue weighted by Gasteiger charge is 2.14. The molecule has 0 aliphatic rings. The number of nitrogens with two attached hydrogens (primary N) is 1. The van der Waals surface area contributed by atoms with Crippen LogP contribution in [0.1, 0.15) is 0 Å². The maximum absolute atomic E-state index is 10.7. The summed E-state index contributed by atoms with van der Waals surface area (Å²) in [6, 6.07) is 0.528. The predicted octanol–water partition coefficient (Wildman–Crippen LogP) is -1.33. The van der Waals surface area contributed by atoms with E-state index in [4.69, 9.17) is 16.1 Å². The Morgan fingerprint density at radius 3 is 2.73 bits per heavy atom. The molecular formula is C5H8N2O3S. The van der Waals surface area contributed by atoms with Crippen LogP contribution in [0.2, 0.25) is 0 Å². The van der Waals surface area contributed by atoms with Crippen LogP contribution in [0.3, 0.4) is 0 Å². The van der Waals surface area contributed by atoms with E-state index in [-0.39, 0.29) is 11.5 Å². The monoisotopic (exact) mass is 176 g/mol. The number of carboxylic acid groups (broad SMARTS) is 1. The van der Waals surface area contributed by atoms with Crippen LogP contribution >= 0.6 is 0 Å². The van der Waals surface area contributed by atoms with Gasteiger partial charge in [0, 0.05) is 10.8 Å². The van der Waals surface area contributed by atoms with Crippen LogP contribution in [0.15, 0.2) is 0 Å². The molecule has 0 aromatic rings. The minimum atomic E-state index is -1.44. The second-order valence-corrected chi connectivity index (χ2v) is 3.36. The summed E-state index contributed by atoms with van der Waals surface area (Å²) in [5.74, 6) is -1.53. The molecule has 0 aliphatic carbocycles. The number of carboxylic acids is 1. The number of hydrogen-bond donors (Lipinski definition) is 2. The molecule has 0 aliphatic heterocycles. The minimum absolute atomic E-state index is 0.164. The number of aliphatic carboxylic acids is 1. The summed E-state index contributed by atoms with van der Waals surface area (Å²) >= 11 is 0. The molecule has 0 saturated carbocycles. The molecule has 11 heavy (non-hydrogen) atoms. The van der Waals surface area contributed by atoms with Crippen molar-refractivity contribution in [2.24, 2.45) is 5.73 Å². The van der Waals surface area contributed by atoms with Gasteiger partial charge in [0.1, 0.15) is 11.8 Å². The van der Waals surface area contributed by atoms with Gasteiger partial charge in [-0.25, -0.2) is 0 Å². The summed E-state index contributed by atoms with van der Waals surface area (Å²) in [6.45, 7) is 0. The van der Waals surface area contributed by atoms with Crippen molar-refractivity contribution in [3.05, 3.63) is 0 Å². The van der Waals surface area contributed by atoms with E-state index in [0.717, 1.165) is 0 Å². The Morgan fingerprint density at radius 1 is 1.82 bits per heavy atom. The third-order valence-electron chi connectivity index (χ3n) is 0.908. The van der Waals surface area contributed by atoms with Gasteiger partial charge in [0.05, 0.1) is 11.8 Å². The van der Waals surface area contributed by atoms with Crippen LogP contribution in [0.5, 0.6) is 0 Å². The molecule has 0 bridgehead atoms. The van der Waals surface area contributed by atoms with Gasteiger partial charge < -0.3 is 10.8 Å². The van der Waals surface area contributed by atoms with Crippen molar-refractivity contribution in [3.8, 4) is 6.07 Å². The third kappa shape index (κ3) is 4.47. The summed E-state index contributed by atoms with van der Waals surface area (Å²) in [6.07, 6.45) is 0. The first-order chi connectivity index (χ1) is 5.07. The number of nitrogens with zero attached hydrogens (tertiary/aromatic N) is 1. The Bertz CT molecular complexity index is 210. The van der Waals surface area contributed by atoms with Gasteiger partial charge in [-0.1, -0.05) is 0 Å². The zero-order valence-electron chi connectivity index (χ0n) is 5.69. The Morgan fingerprint density at radius 2 is 2.36 bits per heavy atom. The van der Waals surface area contributed by atoms with Crippen LogP contribution in [-0.4, -0.2) is 32.8 Å². The fraction of sp³-hybridized carbons (Fsp3) is 0.600. The van der Waals surface area contributed by atoms with E-state index >= 15 is 0 Å². The van der Waals surface area contributed by atoms with Crippen molar-refractivity contribution in [3.63, 3.8) is 0 Å². The van der Waals surface area contributed by atoms with Gasteiger partial charge >= 0.3 is 5.97 Å². The lowest BCUT2D eigenvalue weighted by molar-refractivity contribution is -0.137. The first-order valence-corrected chi connectivity index (χ1v) is 4.27. The summed E-state index contributed by atoms with van der Waals surface area (Å²) in [5, 5.41) is 16.3. The second-order valence-electron chi connectivity index (χ2n) is 1.85. The Labute approximate surface area is 66.3 Å². The van der Waals surface area contributed by atoms with E-state index in [9.17, 15) is 9.00 Å². The molecule has 6 heteroatoms. The third-order valence-corrected chi connectivity index (χ3v) is 2.09. The number of rotatable bonds is 4. The molecule has 0 unspecified atom stereocenters. The Hall–Kier alpha value is -0.930. The number of carbonyl (C=O) groups is 1. The van der Waals surface area contributed by atoms with Crippen molar-refractivity contribution in [2.45, 2.75) is 6.04 Å². The Kier molecular flexibility index (Phi) is 4.41. The maximum Gasteiger partial charge on any atom is 0.321 e. The van der Waals surface area contributed by atoms with E-state index in [2.05, 4.69) is 0 Å². The first-order valence-electron chi connectivity index (χ1n) is 2.78. The standard InChI is InChI=1S/C5H8N2O3S/c6-1-2-11(10)3-4(7)5(8)9/h4H,2-3,7H2,(H,8,9)/t4-,11-/m0/s1. The predicted molar refractivity (Wildman–Crippen MR) is 39.1 cm³/mol. The van der Waals surface area contributed by atoms with Crippen molar-refractivity contribution in [1.82, 2.24) is 0 Å². The fourth-order valence-corrected chi connectivity index (χ4v) is 1.21. The molecule has 0 aromatic heterocycles. The van der Waals surface area contributed by atoms with Gasteiger partial charge in [-0.05, 0) is 0 Å². The molecule has 0 heterocycles. The smallest absolute Gasteiger partial charge is 0.321 e. The van der Waals surface area contributed by atoms with E-state index < -0.39 is 22.8 Å². The van der Waals surface area contributed by atoms with Gasteiger partial charge in [-0.3, -0.25) is 9.00 Å². The fourth-order valence-electron chi connectivity index (χ4n) is 0.402. The van der Waals surface area contributed by atoms with Crippen LogP contribution in [-0.2, 0) is 15.6 Å². The number of nitriles is 1. The average Bonchev–Trinajstić information content (AvgIpc) is 1.87. The topological polar surface area (TPSA) is 104 Å². The van der Waals surface area contributed by atoms with Gasteiger partial charge in [-0.15, -0.1) is 0 Å². The highest BCUT2D eigenvalue weighted by Crippen LogP contribution is 1.86. The van der Waals surface area contributed by atoms with E-state index in [1.54, 1.807) is 6.07 Å². The molecule has 0 rings (SSSR count). The van der Waals surface area contributed by atoms with Gasteiger partial charge in [0.2, 0.25) is 0 Å². The van der Waals surface area contributed by atoms with E-state index in [1.165, 1.54) is 0 Å². The zero-order chi connectivity index (χ0) is 8.85. The van der Waals surface area contributed by atoms with E-state index in [1.807, 2.05) is 0 Å². The molecule has 62 valence electrons. The molecule has 0 spiro atoms. The van der Waals surface area contributed by atoms with Crippen molar-refractivity contribution >= 4 is 16.8 Å². The van der Waals surface area contributed by atoms with Crippen molar-refractivity contribution in [1.29, 1.82) is 5.26 Å². The molecule has 2 atom stereocenters. The lowest BCUT2D eigenvalue weighted by Crippen LogP contribution is -2.35. The van der Waals surface area contributed by atoms with Crippen molar-refractivity contribution in [2.75, 3.05) is 11.5 Å². The molecule has 0 fully saturated rings. The molecule has 0 amide bonds. The van der Waals surface area contributed by atoms with E-state index in [0.29, 0.717) is 0 Å². The Balaban J connectivity index is 3.77. The molecule has 5 nitrogen and oxygen atoms in total. The van der Waals surface area contributed by atoms with Crippen LogP contribution in [0, 0.1) is 11.3 Å². The van der Waals surface area contributed by atoms with Gasteiger partial charge in [-0.2, -0.15) is 5.26 Å². The molecule has 0 aromatic carbocycles. The average molecular weight is 176 g/mol. The zero-order valence-corrected chi connectivity index (χ0v) is 6.50. The molecule has 0 saturated heterocycles. The summed E-state index contributed by atoms with van der Waals surface area (Å²) in [7, 11) is -1.44. The lowest BCUT2D eigenvalue weighted by Gasteiger charge is -2.02. The minimum Gasteiger partial charge on any atom is -0.480 e. The highest BCUT2D eigenvalue weighted by molar-refractivity contribution is 7.85. The van der Waals surface area contributed by atoms with Crippen molar-refractivity contribution < 1.29 is 14.1 Å². The normalized spacial score (nSPS) is 14.9. The summed E-state index contributed by atoms with van der Waals surface area (Å²) in [5.41, 5.74) is 5.05. The van der Waals surface area contributed by atoms with Crippen LogP contribution in [0.4, 0.5) is 0 Å². The largest absolute Gasteiger partial charge is 0.480 e. The van der Waals surface area contributed by atoms with Crippen LogP contribution in [0.25, 0.3) is 0 Å². The van der Waals surface area contributed by atoms with Crippen LogP contribution < -0.4 is 5.73 Å². The molecular weight excluding hydrogens is 168 g/mol. The number of hydrogen-bond acceptors (Lipinski definition) is 4. The summed E-state index contributed by atoms with van der Waals surface area (Å²) < 4.78 is 10.7. The lowest BCUT2D eigenvalue weighted by atomic mass is 10.4. The maximum atomic E-state index is 10.7. The SMILES string of the molecule is N#CC[S@](=O)C[C@H](N)C(=O)O.